The Kier molecular flexibility index (Phi) is 6.55. The van der Waals surface area contributed by atoms with E-state index in [2.05, 4.69) is 10.3 Å². The number of H-pyrrole nitrogens is 1. The number of carbonyl (C=O) groups excluding carboxylic acids is 2. The van der Waals surface area contributed by atoms with Crippen molar-refractivity contribution in [3.05, 3.63) is 65.9 Å². The second-order valence-electron chi connectivity index (χ2n) is 8.03. The molecule has 2 heterocycles. The predicted molar refractivity (Wildman–Crippen MR) is 121 cm³/mol. The first kappa shape index (κ1) is 21.0. The molecule has 0 unspecified atom stereocenters. The summed E-state index contributed by atoms with van der Waals surface area (Å²) in [6.45, 7) is 4.37. The summed E-state index contributed by atoms with van der Waals surface area (Å²) in [6, 6.07) is 17.6. The first-order valence-electron chi connectivity index (χ1n) is 11.0. The predicted octanol–water partition coefficient (Wildman–Crippen LogP) is 4.13. The van der Waals surface area contributed by atoms with Crippen LogP contribution in [0.3, 0.4) is 0 Å². The molecule has 3 aromatic rings. The Labute approximate surface area is 182 Å². The number of aromatic amines is 1. The first-order valence-corrected chi connectivity index (χ1v) is 11.0. The second kappa shape index (κ2) is 9.69. The van der Waals surface area contributed by atoms with E-state index in [4.69, 9.17) is 4.74 Å². The summed E-state index contributed by atoms with van der Waals surface area (Å²) in [5.41, 5.74) is 2.59. The molecule has 0 atom stereocenters. The number of nitrogens with one attached hydrogen (secondary N) is 2. The van der Waals surface area contributed by atoms with Gasteiger partial charge in [0.05, 0.1) is 6.61 Å². The number of likely N-dealkylation sites (tertiary alicyclic amines) is 1. The molecule has 6 nitrogen and oxygen atoms in total. The maximum atomic E-state index is 12.8. The average Bonchev–Trinajstić information content (AvgIpc) is 3.23. The van der Waals surface area contributed by atoms with Gasteiger partial charge in [-0.15, -0.1) is 0 Å². The third-order valence-corrected chi connectivity index (χ3v) is 5.88. The topological polar surface area (TPSA) is 74.4 Å². The number of benzene rings is 2. The van der Waals surface area contributed by atoms with Crippen LogP contribution in [0.1, 0.15) is 42.2 Å². The standard InChI is InChI=1S/C25H29N3O3/c1-2-31-23-10-6-4-8-20(23)17-26-24(29)15-18-11-13-28(14-12-18)25(30)22-16-19-7-3-5-9-21(19)27-22/h3-10,16,18,27H,2,11-15,17H2,1H3,(H,26,29). The number of ether oxygens (including phenoxy) is 1. The fourth-order valence-electron chi connectivity index (χ4n) is 4.17. The van der Waals surface area contributed by atoms with Gasteiger partial charge >= 0.3 is 0 Å². The van der Waals surface area contributed by atoms with Crippen LogP contribution in [-0.4, -0.2) is 41.4 Å². The zero-order chi connectivity index (χ0) is 21.6. The van der Waals surface area contributed by atoms with E-state index in [9.17, 15) is 9.59 Å². The van der Waals surface area contributed by atoms with Crippen molar-refractivity contribution in [3.8, 4) is 5.75 Å². The van der Waals surface area contributed by atoms with E-state index in [0.717, 1.165) is 35.1 Å². The van der Waals surface area contributed by atoms with Gasteiger partial charge < -0.3 is 19.9 Å². The molecular weight excluding hydrogens is 390 g/mol. The van der Waals surface area contributed by atoms with Crippen LogP contribution in [0.15, 0.2) is 54.6 Å². The number of aromatic nitrogens is 1. The van der Waals surface area contributed by atoms with Crippen LogP contribution in [0.5, 0.6) is 5.75 Å². The summed E-state index contributed by atoms with van der Waals surface area (Å²) in [7, 11) is 0. The van der Waals surface area contributed by atoms with Crippen molar-refractivity contribution in [2.75, 3.05) is 19.7 Å². The lowest BCUT2D eigenvalue weighted by atomic mass is 9.93. The molecule has 162 valence electrons. The third kappa shape index (κ3) is 5.08. The van der Waals surface area contributed by atoms with Gasteiger partial charge in [-0.05, 0) is 43.9 Å². The summed E-state index contributed by atoms with van der Waals surface area (Å²) < 4.78 is 5.62. The van der Waals surface area contributed by atoms with Crippen LogP contribution < -0.4 is 10.1 Å². The SMILES string of the molecule is CCOc1ccccc1CNC(=O)CC1CCN(C(=O)c2cc3ccccc3[nH]2)CC1. The molecule has 1 aliphatic heterocycles. The summed E-state index contributed by atoms with van der Waals surface area (Å²) in [5, 5.41) is 4.06. The highest BCUT2D eigenvalue weighted by Gasteiger charge is 2.26. The van der Waals surface area contributed by atoms with Crippen LogP contribution in [0, 0.1) is 5.92 Å². The Hall–Kier alpha value is -3.28. The van der Waals surface area contributed by atoms with Gasteiger partial charge in [0.15, 0.2) is 0 Å². The van der Waals surface area contributed by atoms with Gasteiger partial charge in [-0.3, -0.25) is 9.59 Å². The van der Waals surface area contributed by atoms with Gasteiger partial charge in [0.25, 0.3) is 5.91 Å². The van der Waals surface area contributed by atoms with Crippen molar-refractivity contribution in [1.82, 2.24) is 15.2 Å². The number of hydrogen-bond acceptors (Lipinski definition) is 3. The number of hydrogen-bond donors (Lipinski definition) is 2. The minimum Gasteiger partial charge on any atom is -0.494 e. The molecule has 1 aliphatic rings. The van der Waals surface area contributed by atoms with Gasteiger partial charge in [0.2, 0.25) is 5.91 Å². The minimum atomic E-state index is 0.0339. The zero-order valence-electron chi connectivity index (χ0n) is 17.9. The van der Waals surface area contributed by atoms with Crippen molar-refractivity contribution in [3.63, 3.8) is 0 Å². The minimum absolute atomic E-state index is 0.0339. The molecule has 0 saturated carbocycles. The third-order valence-electron chi connectivity index (χ3n) is 5.88. The molecular formula is C25H29N3O3. The second-order valence-corrected chi connectivity index (χ2v) is 8.03. The summed E-state index contributed by atoms with van der Waals surface area (Å²) in [5.74, 6) is 1.20. The molecule has 2 aromatic carbocycles. The summed E-state index contributed by atoms with van der Waals surface area (Å²) in [4.78, 5) is 30.4. The number of amides is 2. The largest absolute Gasteiger partial charge is 0.494 e. The van der Waals surface area contributed by atoms with Crippen molar-refractivity contribution in [2.24, 2.45) is 5.92 Å². The lowest BCUT2D eigenvalue weighted by Crippen LogP contribution is -2.39. The lowest BCUT2D eigenvalue weighted by molar-refractivity contribution is -0.122. The Morgan fingerprint density at radius 2 is 1.84 bits per heavy atom. The molecule has 0 aliphatic carbocycles. The van der Waals surface area contributed by atoms with Crippen LogP contribution >= 0.6 is 0 Å². The van der Waals surface area contributed by atoms with Gasteiger partial charge in [0.1, 0.15) is 11.4 Å². The molecule has 1 fully saturated rings. The maximum absolute atomic E-state index is 12.8. The molecule has 0 bridgehead atoms. The van der Waals surface area contributed by atoms with E-state index >= 15 is 0 Å². The highest BCUT2D eigenvalue weighted by molar-refractivity contribution is 5.98. The van der Waals surface area contributed by atoms with Crippen LogP contribution in [0.25, 0.3) is 10.9 Å². The van der Waals surface area contributed by atoms with Crippen LogP contribution in [0.2, 0.25) is 0 Å². The van der Waals surface area contributed by atoms with Gasteiger partial charge in [-0.1, -0.05) is 36.4 Å². The zero-order valence-corrected chi connectivity index (χ0v) is 17.9. The van der Waals surface area contributed by atoms with Crippen LogP contribution in [0.4, 0.5) is 0 Å². The number of fused-ring (bicyclic) bond motifs is 1. The van der Waals surface area contributed by atoms with E-state index in [1.807, 2.05) is 66.4 Å². The molecule has 2 amide bonds. The molecule has 31 heavy (non-hydrogen) atoms. The molecule has 1 aromatic heterocycles. The monoisotopic (exact) mass is 419 g/mol. The van der Waals surface area contributed by atoms with E-state index in [0.29, 0.717) is 44.3 Å². The van der Waals surface area contributed by atoms with Crippen molar-refractivity contribution < 1.29 is 14.3 Å². The molecule has 4 rings (SSSR count). The maximum Gasteiger partial charge on any atom is 0.270 e. The summed E-state index contributed by atoms with van der Waals surface area (Å²) in [6.07, 6.45) is 2.18. The number of para-hydroxylation sites is 2. The summed E-state index contributed by atoms with van der Waals surface area (Å²) >= 11 is 0. The van der Waals surface area contributed by atoms with Gasteiger partial charge in [-0.2, -0.15) is 0 Å². The van der Waals surface area contributed by atoms with E-state index in [-0.39, 0.29) is 11.8 Å². The molecule has 2 N–H and O–H groups in total. The lowest BCUT2D eigenvalue weighted by Gasteiger charge is -2.31. The molecule has 0 spiro atoms. The quantitative estimate of drug-likeness (QED) is 0.605. The Balaban J connectivity index is 1.25. The molecule has 6 heteroatoms. The fourth-order valence-corrected chi connectivity index (χ4v) is 4.17. The molecule has 0 radical (unpaired) electrons. The van der Waals surface area contributed by atoms with E-state index < -0.39 is 0 Å². The number of rotatable bonds is 7. The van der Waals surface area contributed by atoms with Gasteiger partial charge in [-0.25, -0.2) is 0 Å². The van der Waals surface area contributed by atoms with Crippen molar-refractivity contribution in [1.29, 1.82) is 0 Å². The highest BCUT2D eigenvalue weighted by Crippen LogP contribution is 2.23. The normalized spacial score (nSPS) is 14.5. The highest BCUT2D eigenvalue weighted by atomic mass is 16.5. The Bertz CT molecular complexity index is 1020. The molecule has 1 saturated heterocycles. The Morgan fingerprint density at radius 1 is 1.10 bits per heavy atom. The van der Waals surface area contributed by atoms with E-state index in [1.165, 1.54) is 0 Å². The first-order chi connectivity index (χ1) is 15.1. The number of nitrogens with zero attached hydrogens (tertiary/aromatic N) is 1. The fraction of sp³-hybridized carbons (Fsp3) is 0.360. The van der Waals surface area contributed by atoms with E-state index in [1.54, 1.807) is 0 Å². The number of piperidine rings is 1. The smallest absolute Gasteiger partial charge is 0.270 e. The van der Waals surface area contributed by atoms with Crippen LogP contribution in [-0.2, 0) is 11.3 Å². The average molecular weight is 420 g/mol. The van der Waals surface area contributed by atoms with Crippen molar-refractivity contribution in [2.45, 2.75) is 32.7 Å². The Morgan fingerprint density at radius 3 is 2.61 bits per heavy atom. The number of carbonyl (C=O) groups is 2. The van der Waals surface area contributed by atoms with Gasteiger partial charge in [0, 0.05) is 42.5 Å². The van der Waals surface area contributed by atoms with Crippen molar-refractivity contribution >= 4 is 22.7 Å².